The minimum absolute atomic E-state index is 0.260. The number of rotatable bonds is 3. The molecule has 0 bridgehead atoms. The number of aryl methyl sites for hydroxylation is 2. The molecule has 8 heteroatoms. The van der Waals surface area contributed by atoms with Gasteiger partial charge in [-0.05, 0) is 27.7 Å². The highest BCUT2D eigenvalue weighted by Gasteiger charge is 2.33. The van der Waals surface area contributed by atoms with Gasteiger partial charge in [0.15, 0.2) is 0 Å². The molecule has 0 saturated heterocycles. The number of sulfonamides is 1. The van der Waals surface area contributed by atoms with E-state index in [1.54, 1.807) is 20.2 Å². The molecule has 7 nitrogen and oxygen atoms in total. The van der Waals surface area contributed by atoms with E-state index in [9.17, 15) is 8.42 Å². The Hall–Kier alpha value is -1.67. The van der Waals surface area contributed by atoms with Gasteiger partial charge in [0, 0.05) is 19.0 Å². The summed E-state index contributed by atoms with van der Waals surface area (Å²) in [7, 11) is -3.54. The van der Waals surface area contributed by atoms with E-state index in [1.165, 1.54) is 4.31 Å². The zero-order valence-electron chi connectivity index (χ0n) is 13.3. The van der Waals surface area contributed by atoms with Crippen molar-refractivity contribution in [2.75, 3.05) is 6.54 Å². The van der Waals surface area contributed by atoms with Gasteiger partial charge >= 0.3 is 0 Å². The van der Waals surface area contributed by atoms with Gasteiger partial charge < -0.3 is 4.57 Å². The molecule has 0 fully saturated rings. The monoisotopic (exact) mass is 323 g/mol. The maximum atomic E-state index is 12.9. The van der Waals surface area contributed by atoms with E-state index in [1.807, 2.05) is 4.57 Å². The first-order valence-electron chi connectivity index (χ1n) is 7.38. The normalized spacial score (nSPS) is 16.2. The van der Waals surface area contributed by atoms with Crippen molar-refractivity contribution in [3.63, 3.8) is 0 Å². The number of nitrogens with one attached hydrogen (secondary N) is 1. The number of aromatic amines is 1. The van der Waals surface area contributed by atoms with Crippen molar-refractivity contribution in [2.45, 2.75) is 51.6 Å². The van der Waals surface area contributed by atoms with Gasteiger partial charge in [0.1, 0.15) is 4.90 Å². The van der Waals surface area contributed by atoms with E-state index in [-0.39, 0.29) is 6.04 Å². The number of aromatic nitrogens is 4. The van der Waals surface area contributed by atoms with Gasteiger partial charge in [0.25, 0.3) is 0 Å². The van der Waals surface area contributed by atoms with Crippen molar-refractivity contribution in [2.24, 2.45) is 0 Å². The van der Waals surface area contributed by atoms with Crippen molar-refractivity contribution in [1.82, 2.24) is 24.1 Å². The summed E-state index contributed by atoms with van der Waals surface area (Å²) in [5.41, 5.74) is 3.09. The highest BCUT2D eigenvalue weighted by atomic mass is 32.2. The van der Waals surface area contributed by atoms with Crippen molar-refractivity contribution in [3.05, 3.63) is 29.1 Å². The van der Waals surface area contributed by atoms with Gasteiger partial charge in [0.05, 0.1) is 35.6 Å². The van der Waals surface area contributed by atoms with Crippen LogP contribution in [-0.2, 0) is 23.0 Å². The Balaban J connectivity index is 1.99. The molecule has 3 heterocycles. The van der Waals surface area contributed by atoms with Crippen molar-refractivity contribution < 1.29 is 8.42 Å². The second-order valence-electron chi connectivity index (χ2n) is 5.99. The molecule has 1 aliphatic rings. The Kier molecular flexibility index (Phi) is 3.60. The van der Waals surface area contributed by atoms with E-state index in [4.69, 9.17) is 0 Å². The van der Waals surface area contributed by atoms with Crippen molar-refractivity contribution in [3.8, 4) is 0 Å². The maximum Gasteiger partial charge on any atom is 0.247 e. The van der Waals surface area contributed by atoms with E-state index in [2.05, 4.69) is 29.0 Å². The number of hydrogen-bond acceptors (Lipinski definition) is 4. The van der Waals surface area contributed by atoms with Gasteiger partial charge in [-0.3, -0.25) is 5.10 Å². The highest BCUT2D eigenvalue weighted by Crippen LogP contribution is 2.28. The van der Waals surface area contributed by atoms with Gasteiger partial charge in [0.2, 0.25) is 10.0 Å². The SMILES string of the molecule is Cc1n[nH]c(C)c1S(=O)(=O)N1CCc2ncn(C(C)C)c2C1. The molecule has 2 aromatic rings. The molecule has 0 amide bonds. The topological polar surface area (TPSA) is 83.9 Å². The summed E-state index contributed by atoms with van der Waals surface area (Å²) in [6.07, 6.45) is 2.45. The standard InChI is InChI=1S/C14H21N5O2S/c1-9(2)19-8-15-12-5-6-18(7-13(12)19)22(20,21)14-10(3)16-17-11(14)4/h8-9H,5-7H2,1-4H3,(H,16,17). The first kappa shape index (κ1) is 15.2. The zero-order chi connectivity index (χ0) is 16.1. The van der Waals surface area contributed by atoms with Crippen LogP contribution in [0.1, 0.15) is 42.7 Å². The lowest BCUT2D eigenvalue weighted by atomic mass is 10.2. The van der Waals surface area contributed by atoms with Gasteiger partial charge in [-0.15, -0.1) is 0 Å². The Morgan fingerprint density at radius 3 is 2.64 bits per heavy atom. The van der Waals surface area contributed by atoms with Gasteiger partial charge in [-0.2, -0.15) is 9.40 Å². The molecule has 0 aromatic carbocycles. The summed E-state index contributed by atoms with van der Waals surface area (Å²) < 4.78 is 29.5. The molecule has 0 radical (unpaired) electrons. The van der Waals surface area contributed by atoms with Crippen LogP contribution in [0.2, 0.25) is 0 Å². The van der Waals surface area contributed by atoms with Crippen LogP contribution in [0.3, 0.4) is 0 Å². The van der Waals surface area contributed by atoms with Crippen LogP contribution in [0.15, 0.2) is 11.2 Å². The fourth-order valence-corrected chi connectivity index (χ4v) is 4.72. The van der Waals surface area contributed by atoms with E-state index < -0.39 is 10.0 Å². The summed E-state index contributed by atoms with van der Waals surface area (Å²) in [6.45, 7) is 8.40. The predicted molar refractivity (Wildman–Crippen MR) is 82.0 cm³/mol. The molecular formula is C14H21N5O2S. The number of hydrogen-bond donors (Lipinski definition) is 1. The quantitative estimate of drug-likeness (QED) is 0.929. The molecule has 120 valence electrons. The maximum absolute atomic E-state index is 12.9. The average Bonchev–Trinajstić information content (AvgIpc) is 3.01. The molecule has 0 aliphatic carbocycles. The van der Waals surface area contributed by atoms with Crippen LogP contribution in [0, 0.1) is 13.8 Å². The van der Waals surface area contributed by atoms with Gasteiger partial charge in [-0.25, -0.2) is 13.4 Å². The Labute approximate surface area is 130 Å². The summed E-state index contributed by atoms with van der Waals surface area (Å²) >= 11 is 0. The van der Waals surface area contributed by atoms with Crippen molar-refractivity contribution >= 4 is 10.0 Å². The third-order valence-corrected chi connectivity index (χ3v) is 6.23. The zero-order valence-corrected chi connectivity index (χ0v) is 14.1. The van der Waals surface area contributed by atoms with Crippen LogP contribution in [0.5, 0.6) is 0 Å². The fraction of sp³-hybridized carbons (Fsp3) is 0.571. The number of H-pyrrole nitrogens is 1. The molecule has 2 aromatic heterocycles. The molecule has 3 rings (SSSR count). The smallest absolute Gasteiger partial charge is 0.247 e. The average molecular weight is 323 g/mol. The lowest BCUT2D eigenvalue weighted by Crippen LogP contribution is -2.37. The minimum Gasteiger partial charge on any atom is -0.331 e. The Morgan fingerprint density at radius 1 is 1.32 bits per heavy atom. The van der Waals surface area contributed by atoms with Crippen LogP contribution in [0.25, 0.3) is 0 Å². The van der Waals surface area contributed by atoms with Crippen molar-refractivity contribution in [1.29, 1.82) is 0 Å². The van der Waals surface area contributed by atoms with E-state index in [0.29, 0.717) is 35.8 Å². The van der Waals surface area contributed by atoms with Gasteiger partial charge in [-0.1, -0.05) is 0 Å². The highest BCUT2D eigenvalue weighted by molar-refractivity contribution is 7.89. The third-order valence-electron chi connectivity index (χ3n) is 4.12. The summed E-state index contributed by atoms with van der Waals surface area (Å²) in [5.74, 6) is 0. The molecule has 1 aliphatic heterocycles. The second-order valence-corrected chi connectivity index (χ2v) is 7.87. The lowest BCUT2D eigenvalue weighted by Gasteiger charge is -2.27. The Bertz CT molecular complexity index is 784. The summed E-state index contributed by atoms with van der Waals surface area (Å²) in [6, 6.07) is 0.260. The Morgan fingerprint density at radius 2 is 2.05 bits per heavy atom. The van der Waals surface area contributed by atoms with Crippen LogP contribution >= 0.6 is 0 Å². The largest absolute Gasteiger partial charge is 0.331 e. The molecule has 0 unspecified atom stereocenters. The molecule has 22 heavy (non-hydrogen) atoms. The third kappa shape index (κ3) is 2.26. The fourth-order valence-electron chi connectivity index (χ4n) is 2.98. The van der Waals surface area contributed by atoms with Crippen LogP contribution in [0.4, 0.5) is 0 Å². The van der Waals surface area contributed by atoms with Crippen LogP contribution in [-0.4, -0.2) is 39.0 Å². The second kappa shape index (κ2) is 5.20. The molecule has 0 saturated carbocycles. The summed E-state index contributed by atoms with van der Waals surface area (Å²) in [4.78, 5) is 4.71. The number of imidazole rings is 1. The van der Waals surface area contributed by atoms with Crippen LogP contribution < -0.4 is 0 Å². The van der Waals surface area contributed by atoms with E-state index in [0.717, 1.165) is 11.4 Å². The van der Waals surface area contributed by atoms with E-state index >= 15 is 0 Å². The number of nitrogens with zero attached hydrogens (tertiary/aromatic N) is 4. The minimum atomic E-state index is -3.54. The first-order chi connectivity index (χ1) is 10.3. The first-order valence-corrected chi connectivity index (χ1v) is 8.82. The predicted octanol–water partition coefficient (Wildman–Crippen LogP) is 1.55. The number of fused-ring (bicyclic) bond motifs is 1. The summed E-state index contributed by atoms with van der Waals surface area (Å²) in [5, 5.41) is 6.76. The molecule has 0 spiro atoms. The molecule has 0 atom stereocenters. The molecule has 1 N–H and O–H groups in total. The molecular weight excluding hydrogens is 302 g/mol. The lowest BCUT2D eigenvalue weighted by molar-refractivity contribution is 0.371.